The van der Waals surface area contributed by atoms with Crippen LogP contribution >= 0.6 is 0 Å². The van der Waals surface area contributed by atoms with Gasteiger partial charge in [0, 0.05) is 45.0 Å². The predicted octanol–water partition coefficient (Wildman–Crippen LogP) is 2.15. The van der Waals surface area contributed by atoms with Gasteiger partial charge in [-0.1, -0.05) is 25.1 Å². The first-order chi connectivity index (χ1) is 12.0. The minimum Gasteiger partial charge on any atom is -0.389 e. The van der Waals surface area contributed by atoms with Crippen LogP contribution in [0.25, 0.3) is 0 Å². The summed E-state index contributed by atoms with van der Waals surface area (Å²) in [6, 6.07) is 9.95. The predicted molar refractivity (Wildman–Crippen MR) is 98.6 cm³/mol. The molecule has 3 rings (SSSR count). The smallest absolute Gasteiger partial charge is 0.242 e. The second-order valence-electron chi connectivity index (χ2n) is 7.56. The van der Waals surface area contributed by atoms with E-state index in [1.165, 1.54) is 0 Å². The Hall–Kier alpha value is -1.59. The summed E-state index contributed by atoms with van der Waals surface area (Å²) in [7, 11) is 1.94. The summed E-state index contributed by atoms with van der Waals surface area (Å²) in [6.07, 6.45) is 2.51. The Bertz CT molecular complexity index is 574. The molecule has 2 aliphatic rings. The van der Waals surface area contributed by atoms with Crippen LogP contribution < -0.4 is 4.90 Å². The fourth-order valence-electron chi connectivity index (χ4n) is 4.25. The maximum atomic E-state index is 12.7. The van der Waals surface area contributed by atoms with E-state index in [0.29, 0.717) is 32.0 Å². The van der Waals surface area contributed by atoms with Gasteiger partial charge in [-0.3, -0.25) is 4.79 Å². The molecule has 0 aliphatic carbocycles. The molecule has 0 bridgehead atoms. The number of para-hydroxylation sites is 1. The molecule has 138 valence electrons. The fourth-order valence-corrected chi connectivity index (χ4v) is 4.25. The summed E-state index contributed by atoms with van der Waals surface area (Å²) in [5.74, 6) is 0.517. The van der Waals surface area contributed by atoms with Crippen molar-refractivity contribution in [2.75, 3.05) is 44.8 Å². The van der Waals surface area contributed by atoms with Crippen molar-refractivity contribution in [1.82, 2.24) is 4.90 Å². The molecule has 1 aromatic rings. The maximum absolute atomic E-state index is 12.7. The molecule has 0 aromatic heterocycles. The van der Waals surface area contributed by atoms with Crippen molar-refractivity contribution in [2.45, 2.75) is 31.8 Å². The molecule has 2 heterocycles. The van der Waals surface area contributed by atoms with Gasteiger partial charge in [-0.2, -0.15) is 0 Å². The van der Waals surface area contributed by atoms with Gasteiger partial charge in [-0.25, -0.2) is 0 Å². The maximum Gasteiger partial charge on any atom is 0.242 e. The molecule has 2 aliphatic heterocycles. The summed E-state index contributed by atoms with van der Waals surface area (Å²) < 4.78 is 5.43. The highest BCUT2D eigenvalue weighted by Gasteiger charge is 2.45. The molecule has 1 aromatic carbocycles. The number of rotatable bonds is 4. The molecule has 2 fully saturated rings. The normalized spacial score (nSPS) is 28.0. The van der Waals surface area contributed by atoms with Gasteiger partial charge in [-0.05, 0) is 37.3 Å². The molecule has 0 radical (unpaired) electrons. The van der Waals surface area contributed by atoms with E-state index in [2.05, 4.69) is 6.92 Å². The van der Waals surface area contributed by atoms with Crippen molar-refractivity contribution in [1.29, 1.82) is 0 Å². The highest BCUT2D eigenvalue weighted by Crippen LogP contribution is 2.39. The van der Waals surface area contributed by atoms with Crippen LogP contribution in [0.5, 0.6) is 0 Å². The van der Waals surface area contributed by atoms with Crippen LogP contribution in [-0.4, -0.2) is 61.4 Å². The number of aliphatic hydroxyl groups is 1. The van der Waals surface area contributed by atoms with Crippen LogP contribution in [-0.2, 0) is 9.53 Å². The molecule has 1 N–H and O–H groups in total. The quantitative estimate of drug-likeness (QED) is 0.908. The van der Waals surface area contributed by atoms with Crippen molar-refractivity contribution >= 4 is 11.6 Å². The number of nitrogens with zero attached hydrogens (tertiary/aromatic N) is 2. The zero-order valence-corrected chi connectivity index (χ0v) is 15.4. The van der Waals surface area contributed by atoms with Crippen LogP contribution in [0.2, 0.25) is 0 Å². The Morgan fingerprint density at radius 2 is 2.00 bits per heavy atom. The Morgan fingerprint density at radius 3 is 2.64 bits per heavy atom. The van der Waals surface area contributed by atoms with E-state index in [0.717, 1.165) is 31.7 Å². The van der Waals surface area contributed by atoms with Crippen LogP contribution in [0.1, 0.15) is 26.2 Å². The summed E-state index contributed by atoms with van der Waals surface area (Å²) in [5.41, 5.74) is 0.380. The van der Waals surface area contributed by atoms with Gasteiger partial charge in [0.25, 0.3) is 0 Å². The van der Waals surface area contributed by atoms with Crippen molar-refractivity contribution < 1.29 is 14.6 Å². The minimum absolute atomic E-state index is 0.0929. The first-order valence-corrected chi connectivity index (χ1v) is 9.35. The van der Waals surface area contributed by atoms with Gasteiger partial charge < -0.3 is 19.6 Å². The van der Waals surface area contributed by atoms with E-state index < -0.39 is 5.60 Å². The molecule has 5 heteroatoms. The average molecular weight is 346 g/mol. The first-order valence-electron chi connectivity index (χ1n) is 9.35. The highest BCUT2D eigenvalue weighted by molar-refractivity contribution is 5.81. The molecule has 1 amide bonds. The second kappa shape index (κ2) is 7.75. The van der Waals surface area contributed by atoms with Crippen molar-refractivity contribution in [2.24, 2.45) is 11.8 Å². The molecule has 0 spiro atoms. The van der Waals surface area contributed by atoms with E-state index >= 15 is 0 Å². The molecule has 5 nitrogen and oxygen atoms in total. The molecule has 2 atom stereocenters. The SMILES string of the molecule is CC1CN(C(=O)CN(C)c2ccccc2)CCC1(O)C1CCOCC1. The standard InChI is InChI=1S/C20H30N2O3/c1-16-14-22(11-10-20(16,24)17-8-12-25-13-9-17)19(23)15-21(2)18-6-4-3-5-7-18/h3-7,16-17,24H,8-15H2,1-2H3. The van der Waals surface area contributed by atoms with Crippen LogP contribution in [0, 0.1) is 11.8 Å². The topological polar surface area (TPSA) is 53.0 Å². The van der Waals surface area contributed by atoms with Crippen molar-refractivity contribution in [3.63, 3.8) is 0 Å². The van der Waals surface area contributed by atoms with Gasteiger partial charge in [0.15, 0.2) is 0 Å². The number of piperidine rings is 1. The van der Waals surface area contributed by atoms with Crippen LogP contribution in [0.4, 0.5) is 5.69 Å². The Morgan fingerprint density at radius 1 is 1.32 bits per heavy atom. The number of amides is 1. The van der Waals surface area contributed by atoms with E-state index in [9.17, 15) is 9.90 Å². The van der Waals surface area contributed by atoms with Crippen molar-refractivity contribution in [3.8, 4) is 0 Å². The van der Waals surface area contributed by atoms with Gasteiger partial charge in [0.2, 0.25) is 5.91 Å². The molecule has 25 heavy (non-hydrogen) atoms. The van der Waals surface area contributed by atoms with E-state index in [1.807, 2.05) is 47.2 Å². The Labute approximate surface area is 150 Å². The van der Waals surface area contributed by atoms with Crippen molar-refractivity contribution in [3.05, 3.63) is 30.3 Å². The molecular formula is C20H30N2O3. The number of anilines is 1. The number of benzene rings is 1. The molecule has 2 saturated heterocycles. The number of likely N-dealkylation sites (tertiary alicyclic amines) is 1. The van der Waals surface area contributed by atoms with Crippen LogP contribution in [0.3, 0.4) is 0 Å². The highest BCUT2D eigenvalue weighted by atomic mass is 16.5. The Kier molecular flexibility index (Phi) is 5.64. The lowest BCUT2D eigenvalue weighted by molar-refractivity contribution is -0.150. The first kappa shape index (κ1) is 18.2. The largest absolute Gasteiger partial charge is 0.389 e. The lowest BCUT2D eigenvalue weighted by Gasteiger charge is -2.48. The fraction of sp³-hybridized carbons (Fsp3) is 0.650. The molecule has 2 unspecified atom stereocenters. The van der Waals surface area contributed by atoms with Crippen LogP contribution in [0.15, 0.2) is 30.3 Å². The number of hydrogen-bond donors (Lipinski definition) is 1. The summed E-state index contributed by atoms with van der Waals surface area (Å²) >= 11 is 0. The molecular weight excluding hydrogens is 316 g/mol. The van der Waals surface area contributed by atoms with Gasteiger partial charge in [-0.15, -0.1) is 0 Å². The Balaban J connectivity index is 1.57. The number of ether oxygens (including phenoxy) is 1. The lowest BCUT2D eigenvalue weighted by Crippen LogP contribution is -2.57. The number of likely N-dealkylation sites (N-methyl/N-ethyl adjacent to an activating group) is 1. The summed E-state index contributed by atoms with van der Waals surface area (Å²) in [5, 5.41) is 11.2. The van der Waals surface area contributed by atoms with Gasteiger partial charge in [0.05, 0.1) is 12.1 Å². The van der Waals surface area contributed by atoms with E-state index in [1.54, 1.807) is 0 Å². The van der Waals surface area contributed by atoms with E-state index in [4.69, 9.17) is 4.74 Å². The second-order valence-corrected chi connectivity index (χ2v) is 7.56. The zero-order chi connectivity index (χ0) is 17.9. The lowest BCUT2D eigenvalue weighted by atomic mass is 9.70. The zero-order valence-electron chi connectivity index (χ0n) is 15.4. The summed E-state index contributed by atoms with van der Waals surface area (Å²) in [6.45, 7) is 5.20. The average Bonchev–Trinajstić information content (AvgIpc) is 2.65. The van der Waals surface area contributed by atoms with Gasteiger partial charge in [0.1, 0.15) is 0 Å². The minimum atomic E-state index is -0.661. The third-order valence-corrected chi connectivity index (χ3v) is 5.98. The third kappa shape index (κ3) is 3.98. The monoisotopic (exact) mass is 346 g/mol. The summed E-state index contributed by atoms with van der Waals surface area (Å²) in [4.78, 5) is 16.6. The third-order valence-electron chi connectivity index (χ3n) is 5.98. The number of hydrogen-bond acceptors (Lipinski definition) is 4. The molecule has 0 saturated carbocycles. The van der Waals surface area contributed by atoms with Gasteiger partial charge >= 0.3 is 0 Å². The number of carbonyl (C=O) groups is 1. The van der Waals surface area contributed by atoms with E-state index in [-0.39, 0.29) is 11.8 Å². The number of carbonyl (C=O) groups excluding carboxylic acids is 1.